The van der Waals surface area contributed by atoms with E-state index in [2.05, 4.69) is 4.98 Å². The lowest BCUT2D eigenvalue weighted by Gasteiger charge is -2.43. The summed E-state index contributed by atoms with van der Waals surface area (Å²) in [6.45, 7) is 0.336. The molecule has 6 nitrogen and oxygen atoms in total. The van der Waals surface area contributed by atoms with Crippen molar-refractivity contribution < 1.29 is 19.8 Å². The Balaban J connectivity index is 1.98. The molecule has 1 aliphatic heterocycles. The lowest BCUT2D eigenvalue weighted by Crippen LogP contribution is -2.40. The summed E-state index contributed by atoms with van der Waals surface area (Å²) in [5, 5.41) is 19.9. The van der Waals surface area contributed by atoms with Crippen LogP contribution in [0.2, 0.25) is 0 Å². The topological polar surface area (TPSA) is 90.7 Å². The molecule has 0 saturated heterocycles. The van der Waals surface area contributed by atoms with Crippen LogP contribution in [0, 0.1) is 0 Å². The molecule has 0 spiro atoms. The van der Waals surface area contributed by atoms with Gasteiger partial charge in [0.25, 0.3) is 0 Å². The SMILES string of the molecule is O=C1CCCC2=C1C(c1cccnc1O)C1=C(CCCC1=O)N2CCO. The highest BCUT2D eigenvalue weighted by atomic mass is 16.3. The van der Waals surface area contributed by atoms with Crippen molar-refractivity contribution in [2.24, 2.45) is 0 Å². The van der Waals surface area contributed by atoms with Crippen LogP contribution < -0.4 is 0 Å². The number of rotatable bonds is 3. The highest BCUT2D eigenvalue weighted by Gasteiger charge is 2.43. The number of aliphatic hydroxyl groups is 1. The molecule has 1 aromatic heterocycles. The summed E-state index contributed by atoms with van der Waals surface area (Å²) in [6.07, 6.45) is 5.40. The van der Waals surface area contributed by atoms with Crippen molar-refractivity contribution in [3.8, 4) is 5.88 Å². The number of aromatic hydroxyl groups is 1. The van der Waals surface area contributed by atoms with E-state index in [1.165, 1.54) is 6.20 Å². The Morgan fingerprint density at radius 3 is 2.19 bits per heavy atom. The Kier molecular flexibility index (Phi) is 4.36. The number of aromatic nitrogens is 1. The summed E-state index contributed by atoms with van der Waals surface area (Å²) in [4.78, 5) is 31.7. The van der Waals surface area contributed by atoms with E-state index in [1.54, 1.807) is 12.1 Å². The van der Waals surface area contributed by atoms with Crippen molar-refractivity contribution in [2.45, 2.75) is 44.4 Å². The fraction of sp³-hybridized carbons (Fsp3) is 0.450. The van der Waals surface area contributed by atoms with Crippen molar-refractivity contribution in [3.63, 3.8) is 0 Å². The van der Waals surface area contributed by atoms with Gasteiger partial charge in [-0.25, -0.2) is 4.98 Å². The van der Waals surface area contributed by atoms with Crippen molar-refractivity contribution in [1.29, 1.82) is 0 Å². The molecule has 6 heteroatoms. The van der Waals surface area contributed by atoms with Gasteiger partial charge in [-0.3, -0.25) is 9.59 Å². The predicted molar refractivity (Wildman–Crippen MR) is 94.2 cm³/mol. The molecular weight excluding hydrogens is 332 g/mol. The van der Waals surface area contributed by atoms with Crippen LogP contribution in [0.15, 0.2) is 40.9 Å². The molecule has 136 valence electrons. The lowest BCUT2D eigenvalue weighted by molar-refractivity contribution is -0.117. The number of Topliss-reactive ketones (excluding diaryl/α,β-unsaturated/α-hetero) is 2. The van der Waals surface area contributed by atoms with E-state index in [0.29, 0.717) is 36.1 Å². The normalized spacial score (nSPS) is 21.2. The van der Waals surface area contributed by atoms with Gasteiger partial charge in [-0.2, -0.15) is 0 Å². The fourth-order valence-corrected chi connectivity index (χ4v) is 4.53. The number of carbonyl (C=O) groups is 2. The molecule has 0 radical (unpaired) electrons. The van der Waals surface area contributed by atoms with Gasteiger partial charge in [-0.05, 0) is 31.7 Å². The molecule has 4 rings (SSSR count). The molecule has 0 aromatic carbocycles. The molecule has 2 N–H and O–H groups in total. The molecule has 2 heterocycles. The first-order valence-electron chi connectivity index (χ1n) is 9.18. The minimum atomic E-state index is -0.552. The van der Waals surface area contributed by atoms with Crippen LogP contribution >= 0.6 is 0 Å². The standard InChI is InChI=1S/C20H22N2O4/c23-11-10-22-13-5-1-7-15(24)18(13)17(12-4-3-9-21-20(12)26)19-14(22)6-2-8-16(19)25/h3-4,9,17,23H,1-2,5-8,10-11H2,(H,21,26). The molecule has 3 aliphatic rings. The third-order valence-electron chi connectivity index (χ3n) is 5.54. The Labute approximate surface area is 151 Å². The molecule has 0 amide bonds. The molecule has 0 unspecified atom stereocenters. The first-order chi connectivity index (χ1) is 12.6. The largest absolute Gasteiger partial charge is 0.493 e. The maximum Gasteiger partial charge on any atom is 0.214 e. The van der Waals surface area contributed by atoms with E-state index in [4.69, 9.17) is 0 Å². The minimum absolute atomic E-state index is 0.0207. The number of aliphatic hydroxyl groups excluding tert-OH is 1. The number of allylic oxidation sites excluding steroid dienone is 4. The van der Waals surface area contributed by atoms with Crippen LogP contribution in [-0.2, 0) is 9.59 Å². The number of ketones is 2. The first kappa shape index (κ1) is 17.0. The Morgan fingerprint density at radius 2 is 1.65 bits per heavy atom. The van der Waals surface area contributed by atoms with Crippen LogP contribution in [0.5, 0.6) is 5.88 Å². The van der Waals surface area contributed by atoms with Gasteiger partial charge in [0.1, 0.15) is 0 Å². The van der Waals surface area contributed by atoms with Gasteiger partial charge < -0.3 is 15.1 Å². The Morgan fingerprint density at radius 1 is 1.04 bits per heavy atom. The number of β-amino-alcohol motifs (C(OH)–C–C–N with tert-alkyl or cyclic N) is 1. The van der Waals surface area contributed by atoms with Gasteiger partial charge in [0.2, 0.25) is 5.88 Å². The van der Waals surface area contributed by atoms with Crippen molar-refractivity contribution in [1.82, 2.24) is 9.88 Å². The fourth-order valence-electron chi connectivity index (χ4n) is 4.53. The molecule has 1 aromatic rings. The van der Waals surface area contributed by atoms with E-state index in [-0.39, 0.29) is 24.1 Å². The van der Waals surface area contributed by atoms with E-state index in [0.717, 1.165) is 37.1 Å². The number of pyridine rings is 1. The number of nitrogens with zero attached hydrogens (tertiary/aromatic N) is 2. The highest BCUT2D eigenvalue weighted by molar-refractivity contribution is 6.06. The van der Waals surface area contributed by atoms with Crippen LogP contribution in [-0.4, -0.2) is 44.8 Å². The molecule has 0 saturated carbocycles. The molecule has 2 aliphatic carbocycles. The zero-order valence-corrected chi connectivity index (χ0v) is 14.6. The van der Waals surface area contributed by atoms with Crippen LogP contribution in [0.4, 0.5) is 0 Å². The quantitative estimate of drug-likeness (QED) is 0.865. The van der Waals surface area contributed by atoms with Gasteiger partial charge in [0, 0.05) is 59.6 Å². The van der Waals surface area contributed by atoms with Gasteiger partial charge in [-0.1, -0.05) is 6.07 Å². The molecule has 0 bridgehead atoms. The zero-order chi connectivity index (χ0) is 18.3. The smallest absolute Gasteiger partial charge is 0.214 e. The highest BCUT2D eigenvalue weighted by Crippen LogP contribution is 2.50. The summed E-state index contributed by atoms with van der Waals surface area (Å²) in [7, 11) is 0. The van der Waals surface area contributed by atoms with Crippen molar-refractivity contribution in [2.75, 3.05) is 13.2 Å². The van der Waals surface area contributed by atoms with Crippen LogP contribution in [0.1, 0.15) is 50.0 Å². The van der Waals surface area contributed by atoms with E-state index in [1.807, 2.05) is 4.90 Å². The third-order valence-corrected chi connectivity index (χ3v) is 5.54. The minimum Gasteiger partial charge on any atom is -0.493 e. The second-order valence-electron chi connectivity index (χ2n) is 7.00. The second kappa shape index (κ2) is 6.68. The third kappa shape index (κ3) is 2.56. The Hall–Kier alpha value is -2.47. The van der Waals surface area contributed by atoms with Crippen molar-refractivity contribution >= 4 is 11.6 Å². The summed E-state index contributed by atoms with van der Waals surface area (Å²) >= 11 is 0. The maximum absolute atomic E-state index is 12.9. The molecule has 0 fully saturated rings. The van der Waals surface area contributed by atoms with E-state index >= 15 is 0 Å². The van der Waals surface area contributed by atoms with Gasteiger partial charge >= 0.3 is 0 Å². The lowest BCUT2D eigenvalue weighted by atomic mass is 9.71. The monoisotopic (exact) mass is 354 g/mol. The van der Waals surface area contributed by atoms with Crippen LogP contribution in [0.3, 0.4) is 0 Å². The van der Waals surface area contributed by atoms with E-state index < -0.39 is 5.92 Å². The number of hydrogen-bond donors (Lipinski definition) is 2. The van der Waals surface area contributed by atoms with E-state index in [9.17, 15) is 19.8 Å². The first-order valence-corrected chi connectivity index (χ1v) is 9.18. The molecular formula is C20H22N2O4. The van der Waals surface area contributed by atoms with Gasteiger partial charge in [0.05, 0.1) is 6.61 Å². The molecule has 0 atom stereocenters. The summed E-state index contributed by atoms with van der Waals surface area (Å²) in [6, 6.07) is 3.46. The Bertz CT molecular complexity index is 796. The summed E-state index contributed by atoms with van der Waals surface area (Å²) in [5.41, 5.74) is 3.51. The van der Waals surface area contributed by atoms with Gasteiger partial charge in [0.15, 0.2) is 11.6 Å². The number of carbonyl (C=O) groups excluding carboxylic acids is 2. The predicted octanol–water partition coefficient (Wildman–Crippen LogP) is 2.19. The summed E-state index contributed by atoms with van der Waals surface area (Å²) < 4.78 is 0. The zero-order valence-electron chi connectivity index (χ0n) is 14.6. The second-order valence-corrected chi connectivity index (χ2v) is 7.00. The molecule has 26 heavy (non-hydrogen) atoms. The maximum atomic E-state index is 12.9. The average molecular weight is 354 g/mol. The number of hydrogen-bond acceptors (Lipinski definition) is 6. The van der Waals surface area contributed by atoms with Crippen LogP contribution in [0.25, 0.3) is 0 Å². The van der Waals surface area contributed by atoms with Crippen molar-refractivity contribution in [3.05, 3.63) is 46.4 Å². The average Bonchev–Trinajstić information content (AvgIpc) is 2.63. The van der Waals surface area contributed by atoms with Gasteiger partial charge in [-0.15, -0.1) is 0 Å². The summed E-state index contributed by atoms with van der Waals surface area (Å²) in [5.74, 6) is -0.646.